The second-order valence-corrected chi connectivity index (χ2v) is 8.03. The highest BCUT2D eigenvalue weighted by atomic mass is 19.4. The lowest BCUT2D eigenvalue weighted by Crippen LogP contribution is -2.44. The van der Waals surface area contributed by atoms with Crippen molar-refractivity contribution in [1.82, 2.24) is 15.2 Å². The number of benzene rings is 1. The van der Waals surface area contributed by atoms with Gasteiger partial charge in [0.25, 0.3) is 17.4 Å². The first-order chi connectivity index (χ1) is 16.2. The average Bonchev–Trinajstić information content (AvgIpc) is 3.23. The number of aromatic nitrogens is 3. The molecule has 3 aromatic rings. The number of alkyl halides is 6. The summed E-state index contributed by atoms with van der Waals surface area (Å²) in [4.78, 5) is 3.70. The highest BCUT2D eigenvalue weighted by Gasteiger charge is 2.61. The van der Waals surface area contributed by atoms with E-state index in [2.05, 4.69) is 15.2 Å². The minimum Gasteiger partial charge on any atom is -0.474 e. The maximum atomic E-state index is 14.6. The molecule has 0 fully saturated rings. The number of aliphatic hydroxyl groups is 1. The molecule has 1 aliphatic heterocycles. The van der Waals surface area contributed by atoms with Crippen molar-refractivity contribution in [3.8, 4) is 17.5 Å². The summed E-state index contributed by atoms with van der Waals surface area (Å²) in [5, 5.41) is 17.3. The molecule has 0 saturated heterocycles. The lowest BCUT2D eigenvalue weighted by molar-refractivity contribution is -0.256. The zero-order valence-corrected chi connectivity index (χ0v) is 17.8. The van der Waals surface area contributed by atoms with E-state index in [1.54, 1.807) is 0 Å². The molecule has 0 aliphatic carbocycles. The second kappa shape index (κ2) is 8.36. The van der Waals surface area contributed by atoms with E-state index in [9.17, 15) is 35.8 Å². The van der Waals surface area contributed by atoms with E-state index in [1.807, 2.05) is 0 Å². The summed E-state index contributed by atoms with van der Waals surface area (Å²) in [6.07, 6.45) is -10.7. The van der Waals surface area contributed by atoms with E-state index in [0.29, 0.717) is 6.07 Å². The monoisotopic (exact) mass is 506 g/mol. The molecule has 35 heavy (non-hydrogen) atoms. The molecule has 0 amide bonds. The Morgan fingerprint density at radius 2 is 1.83 bits per heavy atom. The zero-order chi connectivity index (χ0) is 25.8. The van der Waals surface area contributed by atoms with E-state index < -0.39 is 70.0 Å². The minimum absolute atomic E-state index is 0.108. The molecule has 4 rings (SSSR count). The summed E-state index contributed by atoms with van der Waals surface area (Å²) in [5.41, 5.74) is -1.91. The van der Waals surface area contributed by atoms with Crippen LogP contribution in [0.25, 0.3) is 11.6 Å². The van der Waals surface area contributed by atoms with E-state index in [1.165, 1.54) is 13.0 Å². The molecule has 14 heteroatoms. The Balaban J connectivity index is 1.98. The fourth-order valence-corrected chi connectivity index (χ4v) is 3.68. The van der Waals surface area contributed by atoms with Gasteiger partial charge in [0.15, 0.2) is 5.69 Å². The molecule has 6 bridgehead atoms. The first-order valence-corrected chi connectivity index (χ1v) is 10.2. The van der Waals surface area contributed by atoms with Gasteiger partial charge in [-0.2, -0.15) is 26.3 Å². The molecule has 3 N–H and O–H groups in total. The van der Waals surface area contributed by atoms with Gasteiger partial charge in [-0.05, 0) is 49.9 Å². The molecule has 0 saturated carbocycles. The smallest absolute Gasteiger partial charge is 0.430 e. The van der Waals surface area contributed by atoms with Gasteiger partial charge < -0.3 is 20.0 Å². The Labute approximate surface area is 192 Å². The Morgan fingerprint density at radius 3 is 2.49 bits per heavy atom. The number of nitrogen functional groups attached to an aromatic ring is 1. The molecule has 188 valence electrons. The van der Waals surface area contributed by atoms with Crippen molar-refractivity contribution in [2.24, 2.45) is 0 Å². The van der Waals surface area contributed by atoms with Gasteiger partial charge in [-0.25, -0.2) is 9.37 Å². The molecule has 1 aromatic carbocycles. The van der Waals surface area contributed by atoms with Crippen LogP contribution in [0, 0.1) is 5.82 Å². The zero-order valence-electron chi connectivity index (χ0n) is 17.8. The van der Waals surface area contributed by atoms with Crippen molar-refractivity contribution in [2.45, 2.75) is 50.2 Å². The normalized spacial score (nSPS) is 21.1. The van der Waals surface area contributed by atoms with Crippen LogP contribution in [0.1, 0.15) is 42.3 Å². The summed E-state index contributed by atoms with van der Waals surface area (Å²) in [7, 11) is 0. The van der Waals surface area contributed by atoms with Crippen LogP contribution in [-0.4, -0.2) is 32.6 Å². The number of anilines is 1. The van der Waals surface area contributed by atoms with Gasteiger partial charge in [-0.15, -0.1) is 10.2 Å². The standard InChI is InChI=1S/C21H17F7N4O3/c1-9-3-2-4-10-5-6-13(22)11(7-10)19(33,21(26,27)28)18-32-31-17(35-18)15-14(29)8-12(20(23,24)25)16(30-15)34-9/h5-9,33H,2-4,29H2,1H3/t9-,19?/m1/s1. The van der Waals surface area contributed by atoms with Crippen LogP contribution in [0.4, 0.5) is 36.4 Å². The second-order valence-electron chi connectivity index (χ2n) is 8.03. The largest absolute Gasteiger partial charge is 0.474 e. The summed E-state index contributed by atoms with van der Waals surface area (Å²) in [5.74, 6) is -4.58. The number of fused-ring (bicyclic) bond motifs is 7. The fourth-order valence-electron chi connectivity index (χ4n) is 3.68. The van der Waals surface area contributed by atoms with Crippen molar-refractivity contribution in [3.05, 3.63) is 52.7 Å². The number of hydrogen-bond acceptors (Lipinski definition) is 7. The van der Waals surface area contributed by atoms with Crippen LogP contribution < -0.4 is 10.5 Å². The summed E-state index contributed by atoms with van der Waals surface area (Å²) in [6, 6.07) is 3.29. The fraction of sp³-hybridized carbons (Fsp3) is 0.381. The highest BCUT2D eigenvalue weighted by Crippen LogP contribution is 2.46. The van der Waals surface area contributed by atoms with Crippen molar-refractivity contribution >= 4 is 5.69 Å². The summed E-state index contributed by atoms with van der Waals surface area (Å²) < 4.78 is 108. The van der Waals surface area contributed by atoms with Crippen LogP contribution in [0.5, 0.6) is 5.88 Å². The molecule has 0 radical (unpaired) electrons. The van der Waals surface area contributed by atoms with Gasteiger partial charge in [-0.1, -0.05) is 6.07 Å². The van der Waals surface area contributed by atoms with Gasteiger partial charge in [-0.3, -0.25) is 0 Å². The number of nitrogens with two attached hydrogens (primary N) is 1. The number of ether oxygens (including phenoxy) is 1. The molecule has 2 aromatic heterocycles. The van der Waals surface area contributed by atoms with Gasteiger partial charge in [0.05, 0.1) is 11.8 Å². The lowest BCUT2D eigenvalue weighted by Gasteiger charge is -2.28. The van der Waals surface area contributed by atoms with E-state index in [-0.39, 0.29) is 24.8 Å². The van der Waals surface area contributed by atoms with Gasteiger partial charge in [0.1, 0.15) is 11.4 Å². The SMILES string of the molecule is C[C@@H]1CCCc2ccc(F)c(c2)C(O)(C(F)(F)F)c2nnc(o2)-c2nc(c(C(F)(F)F)cc2N)O1. The van der Waals surface area contributed by atoms with Crippen LogP contribution in [-0.2, 0) is 18.2 Å². The highest BCUT2D eigenvalue weighted by molar-refractivity contribution is 5.68. The Hall–Kier alpha value is -3.42. The molecule has 1 unspecified atom stereocenters. The minimum atomic E-state index is -5.52. The Kier molecular flexibility index (Phi) is 5.90. The van der Waals surface area contributed by atoms with Crippen molar-refractivity contribution in [1.29, 1.82) is 0 Å². The van der Waals surface area contributed by atoms with Gasteiger partial charge >= 0.3 is 12.4 Å². The molecule has 2 atom stereocenters. The topological polar surface area (TPSA) is 107 Å². The number of nitrogens with zero attached hydrogens (tertiary/aromatic N) is 3. The molecule has 7 nitrogen and oxygen atoms in total. The van der Waals surface area contributed by atoms with Crippen LogP contribution in [0.15, 0.2) is 28.7 Å². The maximum absolute atomic E-state index is 14.6. The Morgan fingerprint density at radius 1 is 1.11 bits per heavy atom. The third-order valence-electron chi connectivity index (χ3n) is 5.48. The number of hydrogen-bond donors (Lipinski definition) is 2. The quantitative estimate of drug-likeness (QED) is 0.423. The molecule has 3 heterocycles. The summed E-state index contributed by atoms with van der Waals surface area (Å²) >= 11 is 0. The number of rotatable bonds is 0. The molecular formula is C21H17F7N4O3. The lowest BCUT2D eigenvalue weighted by atomic mass is 9.90. The van der Waals surface area contributed by atoms with Crippen LogP contribution in [0.3, 0.4) is 0 Å². The first-order valence-electron chi connectivity index (χ1n) is 10.2. The average molecular weight is 506 g/mol. The van der Waals surface area contributed by atoms with Crippen molar-refractivity contribution < 1.29 is 45.0 Å². The predicted molar refractivity (Wildman–Crippen MR) is 105 cm³/mol. The van der Waals surface area contributed by atoms with Gasteiger partial charge in [0.2, 0.25) is 5.88 Å². The van der Waals surface area contributed by atoms with Crippen LogP contribution >= 0.6 is 0 Å². The van der Waals surface area contributed by atoms with E-state index in [4.69, 9.17) is 14.9 Å². The van der Waals surface area contributed by atoms with E-state index >= 15 is 0 Å². The summed E-state index contributed by atoms with van der Waals surface area (Å²) in [6.45, 7) is 1.49. The third kappa shape index (κ3) is 4.37. The van der Waals surface area contributed by atoms with Crippen LogP contribution in [0.2, 0.25) is 0 Å². The predicted octanol–water partition coefficient (Wildman–Crippen LogP) is 4.77. The van der Waals surface area contributed by atoms with Gasteiger partial charge in [0, 0.05) is 5.56 Å². The van der Waals surface area contributed by atoms with E-state index in [0.717, 1.165) is 12.1 Å². The molecule has 0 spiro atoms. The van der Waals surface area contributed by atoms with Crippen molar-refractivity contribution in [3.63, 3.8) is 0 Å². The first kappa shape index (κ1) is 24.7. The third-order valence-corrected chi connectivity index (χ3v) is 5.48. The molecular weight excluding hydrogens is 489 g/mol. The van der Waals surface area contributed by atoms with Crippen molar-refractivity contribution in [2.75, 3.05) is 5.73 Å². The molecule has 1 aliphatic rings. The number of pyridine rings is 1. The Bertz CT molecular complexity index is 1260. The number of aryl methyl sites for hydroxylation is 1. The number of halogens is 7. The maximum Gasteiger partial charge on any atom is 0.430 e.